The van der Waals surface area contributed by atoms with Crippen LogP contribution in [0.25, 0.3) is 0 Å². The van der Waals surface area contributed by atoms with Gasteiger partial charge in [0, 0.05) is 24.2 Å². The van der Waals surface area contributed by atoms with Crippen molar-refractivity contribution in [2.75, 3.05) is 12.3 Å². The molecule has 2 N–H and O–H groups in total. The lowest BCUT2D eigenvalue weighted by molar-refractivity contribution is -0.383. The Bertz CT molecular complexity index is 542. The van der Waals surface area contributed by atoms with Crippen LogP contribution in [0.15, 0.2) is 18.2 Å². The summed E-state index contributed by atoms with van der Waals surface area (Å²) in [7, 11) is 0. The van der Waals surface area contributed by atoms with Crippen LogP contribution in [0.3, 0.4) is 0 Å². The minimum absolute atomic E-state index is 0.0772. The van der Waals surface area contributed by atoms with Gasteiger partial charge >= 0.3 is 0 Å². The molecule has 20 heavy (non-hydrogen) atoms. The van der Waals surface area contributed by atoms with Gasteiger partial charge in [-0.15, -0.1) is 0 Å². The van der Waals surface area contributed by atoms with Gasteiger partial charge in [-0.05, 0) is 30.9 Å². The summed E-state index contributed by atoms with van der Waals surface area (Å²) < 4.78 is 0. The Morgan fingerprint density at radius 1 is 1.50 bits per heavy atom. The molecule has 6 heteroatoms. The van der Waals surface area contributed by atoms with Gasteiger partial charge in [-0.3, -0.25) is 14.9 Å². The molecule has 1 amide bonds. The first-order chi connectivity index (χ1) is 9.41. The summed E-state index contributed by atoms with van der Waals surface area (Å²) in [5.41, 5.74) is 5.75. The molecule has 2 rings (SSSR count). The minimum atomic E-state index is -0.560. The van der Waals surface area contributed by atoms with Gasteiger partial charge in [0.1, 0.15) is 5.69 Å². The number of nitrogens with two attached hydrogens (primary N) is 1. The Morgan fingerprint density at radius 3 is 2.80 bits per heavy atom. The number of rotatable bonds is 3. The Labute approximate surface area is 117 Å². The number of carbonyl (C=O) groups is 1. The summed E-state index contributed by atoms with van der Waals surface area (Å²) in [4.78, 5) is 24.7. The molecule has 0 aliphatic carbocycles. The summed E-state index contributed by atoms with van der Waals surface area (Å²) in [5.74, 6) is 0.231. The average molecular weight is 277 g/mol. The molecular weight excluding hydrogens is 258 g/mol. The third kappa shape index (κ3) is 2.59. The number of carbonyl (C=O) groups excluding carboxylic acids is 1. The van der Waals surface area contributed by atoms with Crippen molar-refractivity contribution in [3.8, 4) is 0 Å². The summed E-state index contributed by atoms with van der Waals surface area (Å²) in [5, 5.41) is 10.9. The van der Waals surface area contributed by atoms with Crippen LogP contribution in [0.5, 0.6) is 0 Å². The van der Waals surface area contributed by atoms with E-state index in [2.05, 4.69) is 13.8 Å². The number of benzene rings is 1. The normalized spacial score (nSPS) is 18.6. The third-order valence-electron chi connectivity index (χ3n) is 3.80. The van der Waals surface area contributed by atoms with Crippen LogP contribution in [0.4, 0.5) is 11.4 Å². The molecule has 0 aromatic heterocycles. The molecule has 0 saturated carbocycles. The maximum Gasteiger partial charge on any atom is 0.292 e. The molecular formula is C14H19N3O3. The average Bonchev–Trinajstić information content (AvgIpc) is 2.87. The number of nitro groups is 1. The Morgan fingerprint density at radius 2 is 2.20 bits per heavy atom. The zero-order valence-electron chi connectivity index (χ0n) is 11.7. The first-order valence-electron chi connectivity index (χ1n) is 6.76. The summed E-state index contributed by atoms with van der Waals surface area (Å²) in [6, 6.07) is 4.46. The predicted molar refractivity (Wildman–Crippen MR) is 76.4 cm³/mol. The topological polar surface area (TPSA) is 89.5 Å². The van der Waals surface area contributed by atoms with Crippen molar-refractivity contribution in [3.05, 3.63) is 33.9 Å². The lowest BCUT2D eigenvalue weighted by Crippen LogP contribution is -2.38. The fourth-order valence-corrected chi connectivity index (χ4v) is 2.74. The Hall–Kier alpha value is -2.11. The minimum Gasteiger partial charge on any atom is -0.393 e. The van der Waals surface area contributed by atoms with E-state index >= 15 is 0 Å². The number of likely N-dealkylation sites (tertiary alicyclic amines) is 1. The number of hydrogen-bond donors (Lipinski definition) is 1. The number of amides is 1. The van der Waals surface area contributed by atoms with Crippen molar-refractivity contribution in [2.45, 2.75) is 32.7 Å². The molecule has 1 aliphatic rings. The zero-order chi connectivity index (χ0) is 14.9. The maximum atomic E-state index is 12.5. The smallest absolute Gasteiger partial charge is 0.292 e. The van der Waals surface area contributed by atoms with Gasteiger partial charge in [0.15, 0.2) is 0 Å². The number of hydrogen-bond acceptors (Lipinski definition) is 4. The van der Waals surface area contributed by atoms with Gasteiger partial charge < -0.3 is 10.6 Å². The molecule has 6 nitrogen and oxygen atoms in total. The van der Waals surface area contributed by atoms with Crippen molar-refractivity contribution >= 4 is 17.3 Å². The quantitative estimate of drug-likeness (QED) is 0.522. The third-order valence-corrected chi connectivity index (χ3v) is 3.80. The van der Waals surface area contributed by atoms with Gasteiger partial charge in [0.25, 0.3) is 11.6 Å². The van der Waals surface area contributed by atoms with Crippen molar-refractivity contribution in [1.82, 2.24) is 4.90 Å². The number of anilines is 1. The van der Waals surface area contributed by atoms with Crippen molar-refractivity contribution < 1.29 is 9.72 Å². The van der Waals surface area contributed by atoms with Crippen LogP contribution in [-0.2, 0) is 0 Å². The highest BCUT2D eigenvalue weighted by molar-refractivity contribution is 5.96. The van der Waals surface area contributed by atoms with E-state index in [0.717, 1.165) is 12.8 Å². The van der Waals surface area contributed by atoms with Gasteiger partial charge in [-0.25, -0.2) is 0 Å². The van der Waals surface area contributed by atoms with Crippen LogP contribution in [0.2, 0.25) is 0 Å². The molecule has 0 radical (unpaired) electrons. The van der Waals surface area contributed by atoms with E-state index in [1.807, 2.05) is 4.90 Å². The van der Waals surface area contributed by atoms with Crippen LogP contribution in [0.1, 0.15) is 37.0 Å². The van der Waals surface area contributed by atoms with Gasteiger partial charge in [0.05, 0.1) is 4.92 Å². The van der Waals surface area contributed by atoms with Gasteiger partial charge in [-0.2, -0.15) is 0 Å². The van der Waals surface area contributed by atoms with E-state index < -0.39 is 4.92 Å². The number of nitrogens with zero attached hydrogens (tertiary/aromatic N) is 2. The van der Waals surface area contributed by atoms with E-state index in [1.54, 1.807) is 6.07 Å². The summed E-state index contributed by atoms with van der Waals surface area (Å²) >= 11 is 0. The second kappa shape index (κ2) is 5.48. The molecule has 0 spiro atoms. The van der Waals surface area contributed by atoms with Crippen LogP contribution >= 0.6 is 0 Å². The van der Waals surface area contributed by atoms with Crippen LogP contribution < -0.4 is 5.73 Å². The second-order valence-corrected chi connectivity index (χ2v) is 5.48. The van der Waals surface area contributed by atoms with E-state index in [0.29, 0.717) is 18.0 Å². The SMILES string of the molecule is CC(C)C1CCCN1C(=O)c1ccc(N)c([N+](=O)[O-])c1. The fourth-order valence-electron chi connectivity index (χ4n) is 2.74. The summed E-state index contributed by atoms with van der Waals surface area (Å²) in [6.45, 7) is 4.88. The zero-order valence-corrected chi connectivity index (χ0v) is 11.7. The molecule has 1 fully saturated rings. The first kappa shape index (κ1) is 14.3. The molecule has 1 atom stereocenters. The largest absolute Gasteiger partial charge is 0.393 e. The monoisotopic (exact) mass is 277 g/mol. The van der Waals surface area contributed by atoms with Crippen molar-refractivity contribution in [2.24, 2.45) is 5.92 Å². The predicted octanol–water partition coefficient (Wildman–Crippen LogP) is 2.44. The molecule has 1 unspecified atom stereocenters. The summed E-state index contributed by atoms with van der Waals surface area (Å²) in [6.07, 6.45) is 1.96. The van der Waals surface area contributed by atoms with E-state index in [4.69, 9.17) is 5.73 Å². The highest BCUT2D eigenvalue weighted by atomic mass is 16.6. The first-order valence-corrected chi connectivity index (χ1v) is 6.76. The van der Waals surface area contributed by atoms with Crippen LogP contribution in [0, 0.1) is 16.0 Å². The molecule has 1 aromatic carbocycles. The fraction of sp³-hybridized carbons (Fsp3) is 0.500. The molecule has 108 valence electrons. The Balaban J connectivity index is 2.29. The van der Waals surface area contributed by atoms with E-state index in [-0.39, 0.29) is 23.3 Å². The highest BCUT2D eigenvalue weighted by Crippen LogP contribution is 2.28. The van der Waals surface area contributed by atoms with Gasteiger partial charge in [0.2, 0.25) is 0 Å². The van der Waals surface area contributed by atoms with Gasteiger partial charge in [-0.1, -0.05) is 13.8 Å². The van der Waals surface area contributed by atoms with Crippen LogP contribution in [-0.4, -0.2) is 28.3 Å². The maximum absolute atomic E-state index is 12.5. The number of nitro benzene ring substituents is 1. The molecule has 1 aliphatic heterocycles. The lowest BCUT2D eigenvalue weighted by atomic mass is 10.0. The van der Waals surface area contributed by atoms with E-state index in [1.165, 1.54) is 12.1 Å². The molecule has 1 saturated heterocycles. The lowest BCUT2D eigenvalue weighted by Gasteiger charge is -2.27. The Kier molecular flexibility index (Phi) is 3.92. The van der Waals surface area contributed by atoms with Crippen molar-refractivity contribution in [1.29, 1.82) is 0 Å². The molecule has 0 bridgehead atoms. The standard InChI is InChI=1S/C14H19N3O3/c1-9(2)12-4-3-7-16(12)14(18)10-5-6-11(15)13(8-10)17(19)20/h5-6,8-9,12H,3-4,7,15H2,1-2H3. The number of nitrogen functional groups attached to an aromatic ring is 1. The highest BCUT2D eigenvalue weighted by Gasteiger charge is 2.32. The molecule has 1 aromatic rings. The van der Waals surface area contributed by atoms with Crippen molar-refractivity contribution in [3.63, 3.8) is 0 Å². The molecule has 1 heterocycles. The van der Waals surface area contributed by atoms with E-state index in [9.17, 15) is 14.9 Å². The second-order valence-electron chi connectivity index (χ2n) is 5.48.